The fourth-order valence-corrected chi connectivity index (χ4v) is 5.52. The van der Waals surface area contributed by atoms with Gasteiger partial charge in [-0.3, -0.25) is 0 Å². The summed E-state index contributed by atoms with van der Waals surface area (Å²) < 4.78 is 14.3. The molecule has 4 heterocycles. The van der Waals surface area contributed by atoms with Crippen LogP contribution in [0, 0.1) is 0 Å². The van der Waals surface area contributed by atoms with Gasteiger partial charge < -0.3 is 25.1 Å². The quantitative estimate of drug-likeness (QED) is 0.0997. The number of nitrogens with zero attached hydrogens (tertiary/aromatic N) is 8. The van der Waals surface area contributed by atoms with E-state index in [-0.39, 0.29) is 23.9 Å². The first-order chi connectivity index (χ1) is 21.9. The highest BCUT2D eigenvalue weighted by atomic mass is 16.6. The maximum atomic E-state index is 12.3. The summed E-state index contributed by atoms with van der Waals surface area (Å²) in [4.78, 5) is 18.7. The minimum Gasteiger partial charge on any atom is -0.444 e. The summed E-state index contributed by atoms with van der Waals surface area (Å²) in [6, 6.07) is 15.8. The lowest BCUT2D eigenvalue weighted by molar-refractivity contribution is 0.0198. The van der Waals surface area contributed by atoms with Crippen molar-refractivity contribution in [1.29, 1.82) is 0 Å². The fraction of sp³-hybridized carbons (Fsp3) is 0.455. The van der Waals surface area contributed by atoms with Crippen LogP contribution in [0.15, 0.2) is 58.2 Å². The monoisotopic (exact) mass is 629 g/mol. The van der Waals surface area contributed by atoms with E-state index >= 15 is 0 Å². The zero-order chi connectivity index (χ0) is 33.2. The molecule has 1 amide bonds. The van der Waals surface area contributed by atoms with Crippen molar-refractivity contribution in [1.82, 2.24) is 34.6 Å². The van der Waals surface area contributed by atoms with E-state index < -0.39 is 5.60 Å². The molecule has 5 aromatic rings. The summed E-state index contributed by atoms with van der Waals surface area (Å²) in [5, 5.41) is 27.1. The first-order valence-electron chi connectivity index (χ1n) is 15.6. The summed E-state index contributed by atoms with van der Waals surface area (Å²) in [6.45, 7) is 15.2. The number of para-hydroxylation sites is 2. The van der Waals surface area contributed by atoms with E-state index in [1.54, 1.807) is 9.58 Å². The second-order valence-electron chi connectivity index (χ2n) is 13.1. The molecule has 46 heavy (non-hydrogen) atoms. The topological polar surface area (TPSA) is 163 Å². The van der Waals surface area contributed by atoms with Crippen LogP contribution in [0.3, 0.4) is 0 Å². The van der Waals surface area contributed by atoms with Crippen molar-refractivity contribution in [3.8, 4) is 5.95 Å². The van der Waals surface area contributed by atoms with Crippen LogP contribution in [0.25, 0.3) is 27.8 Å². The lowest BCUT2D eigenvalue weighted by Gasteiger charge is -2.32. The van der Waals surface area contributed by atoms with E-state index in [0.717, 1.165) is 46.0 Å². The standard InChI is InChI=1S/C22H29N5O3.C11H14N4O/c1-14(2)18-16-8-6-7-9-17(16)27(24-18)20-23-19(30-25-20)15-10-12-26(13-11-15)21(28)29-22(3,4)5;1-7(2)10-8-5-3-4-6-9(8)15(13-10)11(12)14-16/h6-9,14-15H,10-13H2,1-5H3;3-7,16H,1-2H3,(H2,12,14). The van der Waals surface area contributed by atoms with E-state index in [4.69, 9.17) is 25.3 Å². The Bertz CT molecular complexity index is 1840. The van der Waals surface area contributed by atoms with Crippen molar-refractivity contribution in [2.45, 2.75) is 84.7 Å². The van der Waals surface area contributed by atoms with Crippen LogP contribution in [0.4, 0.5) is 4.79 Å². The van der Waals surface area contributed by atoms with E-state index in [1.807, 2.05) is 63.2 Å². The van der Waals surface area contributed by atoms with Gasteiger partial charge in [0.05, 0.1) is 22.4 Å². The van der Waals surface area contributed by atoms with E-state index in [0.29, 0.717) is 30.8 Å². The highest BCUT2D eigenvalue weighted by Crippen LogP contribution is 2.30. The zero-order valence-electron chi connectivity index (χ0n) is 27.5. The van der Waals surface area contributed by atoms with Crippen LogP contribution in [0.1, 0.15) is 96.3 Å². The van der Waals surface area contributed by atoms with Gasteiger partial charge in [0.1, 0.15) is 5.60 Å². The number of likely N-dealkylation sites (tertiary alicyclic amines) is 1. The molecule has 13 heteroatoms. The molecule has 0 saturated carbocycles. The number of aromatic nitrogens is 6. The minimum atomic E-state index is -0.489. The van der Waals surface area contributed by atoms with Crippen molar-refractivity contribution in [2.24, 2.45) is 10.9 Å². The number of nitrogens with two attached hydrogens (primary N) is 1. The highest BCUT2D eigenvalue weighted by molar-refractivity contribution is 5.93. The van der Waals surface area contributed by atoms with E-state index in [9.17, 15) is 4.79 Å². The largest absolute Gasteiger partial charge is 0.444 e. The average molecular weight is 630 g/mol. The van der Waals surface area contributed by atoms with Gasteiger partial charge in [-0.15, -0.1) is 0 Å². The molecule has 0 atom stereocenters. The molecule has 0 radical (unpaired) electrons. The highest BCUT2D eigenvalue weighted by Gasteiger charge is 2.30. The van der Waals surface area contributed by atoms with Crippen molar-refractivity contribution in [3.05, 3.63) is 65.8 Å². The van der Waals surface area contributed by atoms with Gasteiger partial charge in [-0.25, -0.2) is 4.79 Å². The Labute approximate surface area is 268 Å². The van der Waals surface area contributed by atoms with Crippen molar-refractivity contribution >= 4 is 33.9 Å². The number of ether oxygens (including phenoxy) is 1. The van der Waals surface area contributed by atoms with Crippen LogP contribution in [-0.4, -0.2) is 70.6 Å². The van der Waals surface area contributed by atoms with Gasteiger partial charge in [-0.1, -0.05) is 64.1 Å². The third-order valence-corrected chi connectivity index (χ3v) is 7.76. The molecule has 0 bridgehead atoms. The molecule has 1 saturated heterocycles. The Kier molecular flexibility index (Phi) is 9.31. The Hall–Kier alpha value is -4.94. The molecule has 1 aliphatic rings. The molecule has 6 rings (SSSR count). The number of oxime groups is 1. The third-order valence-electron chi connectivity index (χ3n) is 7.76. The maximum absolute atomic E-state index is 12.3. The van der Waals surface area contributed by atoms with Crippen LogP contribution < -0.4 is 5.73 Å². The predicted molar refractivity (Wildman–Crippen MR) is 175 cm³/mol. The summed E-state index contributed by atoms with van der Waals surface area (Å²) in [5.41, 5.74) is 8.86. The fourth-order valence-electron chi connectivity index (χ4n) is 5.52. The number of hydrogen-bond acceptors (Lipinski definition) is 9. The number of carbonyl (C=O) groups is 1. The summed E-state index contributed by atoms with van der Waals surface area (Å²) in [6.07, 6.45) is 1.26. The second-order valence-corrected chi connectivity index (χ2v) is 13.1. The molecule has 244 valence electrons. The van der Waals surface area contributed by atoms with Gasteiger partial charge in [0.15, 0.2) is 0 Å². The van der Waals surface area contributed by atoms with Crippen LogP contribution >= 0.6 is 0 Å². The number of hydrogen-bond donors (Lipinski definition) is 2. The predicted octanol–water partition coefficient (Wildman–Crippen LogP) is 6.36. The first-order valence-corrected chi connectivity index (χ1v) is 15.6. The molecule has 1 aliphatic heterocycles. The van der Waals surface area contributed by atoms with Gasteiger partial charge >= 0.3 is 6.09 Å². The molecule has 13 nitrogen and oxygen atoms in total. The summed E-state index contributed by atoms with van der Waals surface area (Å²) >= 11 is 0. The third kappa shape index (κ3) is 6.82. The number of rotatable bonds is 4. The van der Waals surface area contributed by atoms with Crippen LogP contribution in [0.5, 0.6) is 0 Å². The minimum absolute atomic E-state index is 0.0249. The van der Waals surface area contributed by atoms with Gasteiger partial charge in [-0.2, -0.15) is 24.5 Å². The van der Waals surface area contributed by atoms with Crippen LogP contribution in [0.2, 0.25) is 0 Å². The molecular formula is C33H43N9O4. The Morgan fingerprint density at radius 2 is 1.52 bits per heavy atom. The van der Waals surface area contributed by atoms with Crippen molar-refractivity contribution in [2.75, 3.05) is 13.1 Å². The van der Waals surface area contributed by atoms with Crippen molar-refractivity contribution in [3.63, 3.8) is 0 Å². The van der Waals surface area contributed by atoms with Gasteiger partial charge in [-0.05, 0) is 67.9 Å². The normalized spacial score (nSPS) is 14.7. The molecular weight excluding hydrogens is 586 g/mol. The van der Waals surface area contributed by atoms with E-state index in [2.05, 4.69) is 54.2 Å². The van der Waals surface area contributed by atoms with Gasteiger partial charge in [0, 0.05) is 29.8 Å². The number of piperidine rings is 1. The Balaban J connectivity index is 0.000000219. The van der Waals surface area contributed by atoms with Gasteiger partial charge in [0.2, 0.25) is 5.89 Å². The molecule has 0 unspecified atom stereocenters. The lowest BCUT2D eigenvalue weighted by Crippen LogP contribution is -2.41. The van der Waals surface area contributed by atoms with E-state index in [1.165, 1.54) is 4.68 Å². The summed E-state index contributed by atoms with van der Waals surface area (Å²) in [7, 11) is 0. The number of fused-ring (bicyclic) bond motifs is 2. The average Bonchev–Trinajstić information content (AvgIpc) is 3.76. The number of carbonyl (C=O) groups excluding carboxylic acids is 1. The van der Waals surface area contributed by atoms with Crippen molar-refractivity contribution < 1.29 is 19.3 Å². The summed E-state index contributed by atoms with van der Waals surface area (Å²) in [5.74, 6) is 1.72. The SMILES string of the molecule is CC(C)c1nn(-c2noc(C3CCN(C(=O)OC(C)(C)C)CC3)n2)c2ccccc12.CC(C)c1nn(/C(N)=N\O)c2ccccc12. The molecule has 0 spiro atoms. The maximum Gasteiger partial charge on any atom is 0.410 e. The van der Waals surface area contributed by atoms with Crippen LogP contribution in [-0.2, 0) is 4.74 Å². The smallest absolute Gasteiger partial charge is 0.410 e. The zero-order valence-corrected chi connectivity index (χ0v) is 27.5. The Morgan fingerprint density at radius 1 is 0.957 bits per heavy atom. The number of benzene rings is 2. The lowest BCUT2D eigenvalue weighted by atomic mass is 9.97. The molecule has 0 aliphatic carbocycles. The van der Waals surface area contributed by atoms with Gasteiger partial charge in [0.25, 0.3) is 11.9 Å². The molecule has 1 fully saturated rings. The number of amides is 1. The molecule has 3 N–H and O–H groups in total. The first kappa shape index (κ1) is 32.5. The Morgan fingerprint density at radius 3 is 2.11 bits per heavy atom. The molecule has 3 aromatic heterocycles. The molecule has 2 aromatic carbocycles. The second kappa shape index (κ2) is 13.2.